The first-order chi connectivity index (χ1) is 8.74. The number of fused-ring (bicyclic) bond motifs is 1. The van der Waals surface area contributed by atoms with Crippen LogP contribution in [0.15, 0.2) is 44.4 Å². The van der Waals surface area contributed by atoms with Crippen LogP contribution in [-0.4, -0.2) is 5.25 Å². The van der Waals surface area contributed by atoms with Crippen molar-refractivity contribution in [1.29, 1.82) is 0 Å². The molecule has 1 nitrogen and oxygen atoms in total. The number of halogens is 1. The molecule has 1 aliphatic rings. The standard InChI is InChI=1S/C14H14BrNS2/c1-9-8-13(10-6-7-17-14(10)18-9)16-12-5-3-2-4-11(12)15/h2-7,9,13,16H,8H2,1H3/t9-,13?/m0/s1. The van der Waals surface area contributed by atoms with Gasteiger partial charge in [-0.25, -0.2) is 0 Å². The van der Waals surface area contributed by atoms with Crippen LogP contribution >= 0.6 is 39.0 Å². The molecule has 94 valence electrons. The van der Waals surface area contributed by atoms with E-state index in [0.717, 1.165) is 4.47 Å². The zero-order valence-corrected chi connectivity index (χ0v) is 13.2. The van der Waals surface area contributed by atoms with E-state index in [1.165, 1.54) is 21.9 Å². The third-order valence-electron chi connectivity index (χ3n) is 3.11. The van der Waals surface area contributed by atoms with Crippen molar-refractivity contribution in [3.8, 4) is 0 Å². The van der Waals surface area contributed by atoms with Crippen LogP contribution < -0.4 is 5.32 Å². The van der Waals surface area contributed by atoms with E-state index in [1.54, 1.807) is 0 Å². The van der Waals surface area contributed by atoms with Gasteiger partial charge in [0.05, 0.1) is 10.3 Å². The average Bonchev–Trinajstić information content (AvgIpc) is 2.80. The van der Waals surface area contributed by atoms with Crippen molar-refractivity contribution in [3.63, 3.8) is 0 Å². The predicted octanol–water partition coefficient (Wildman–Crippen LogP) is 5.55. The molecule has 1 unspecified atom stereocenters. The van der Waals surface area contributed by atoms with Crippen LogP contribution in [0.2, 0.25) is 0 Å². The number of thiophene rings is 1. The van der Waals surface area contributed by atoms with Gasteiger partial charge in [-0.2, -0.15) is 0 Å². The number of thioether (sulfide) groups is 1. The van der Waals surface area contributed by atoms with E-state index in [1.807, 2.05) is 29.2 Å². The van der Waals surface area contributed by atoms with E-state index < -0.39 is 0 Å². The summed E-state index contributed by atoms with van der Waals surface area (Å²) < 4.78 is 2.60. The number of rotatable bonds is 2. The van der Waals surface area contributed by atoms with Crippen molar-refractivity contribution in [2.24, 2.45) is 0 Å². The molecule has 18 heavy (non-hydrogen) atoms. The Morgan fingerprint density at radius 1 is 1.28 bits per heavy atom. The largest absolute Gasteiger partial charge is 0.377 e. The second-order valence-electron chi connectivity index (χ2n) is 4.50. The minimum Gasteiger partial charge on any atom is -0.377 e. The number of para-hydroxylation sites is 1. The van der Waals surface area contributed by atoms with Crippen LogP contribution in [0.4, 0.5) is 5.69 Å². The number of hydrogen-bond acceptors (Lipinski definition) is 3. The lowest BCUT2D eigenvalue weighted by Gasteiger charge is -2.28. The second-order valence-corrected chi connectivity index (χ2v) is 7.98. The van der Waals surface area contributed by atoms with Crippen molar-refractivity contribution in [1.82, 2.24) is 0 Å². The smallest absolute Gasteiger partial charge is 0.0653 e. The van der Waals surface area contributed by atoms with Gasteiger partial charge in [0.1, 0.15) is 0 Å². The van der Waals surface area contributed by atoms with Gasteiger partial charge < -0.3 is 5.32 Å². The SMILES string of the molecule is C[C@H]1CC(Nc2ccccc2Br)c2ccsc2S1. The van der Waals surface area contributed by atoms with Gasteiger partial charge in [-0.05, 0) is 51.5 Å². The zero-order chi connectivity index (χ0) is 12.5. The molecule has 0 amide bonds. The molecule has 4 heteroatoms. The van der Waals surface area contributed by atoms with Gasteiger partial charge in [-0.1, -0.05) is 19.1 Å². The maximum absolute atomic E-state index is 3.67. The molecular weight excluding hydrogens is 326 g/mol. The van der Waals surface area contributed by atoms with Crippen LogP contribution in [0.5, 0.6) is 0 Å². The molecule has 1 N–H and O–H groups in total. The molecule has 1 aromatic heterocycles. The van der Waals surface area contributed by atoms with Crippen molar-refractivity contribution in [2.75, 3.05) is 5.32 Å². The summed E-state index contributed by atoms with van der Waals surface area (Å²) in [6.07, 6.45) is 1.18. The van der Waals surface area contributed by atoms with Gasteiger partial charge in [-0.15, -0.1) is 23.1 Å². The lowest BCUT2D eigenvalue weighted by atomic mass is 10.0. The fraction of sp³-hybridized carbons (Fsp3) is 0.286. The van der Waals surface area contributed by atoms with Gasteiger partial charge in [0, 0.05) is 15.4 Å². The Morgan fingerprint density at radius 2 is 2.11 bits per heavy atom. The molecule has 1 aliphatic heterocycles. The molecule has 0 radical (unpaired) electrons. The fourth-order valence-electron chi connectivity index (χ4n) is 2.25. The minimum absolute atomic E-state index is 0.432. The average molecular weight is 340 g/mol. The highest BCUT2D eigenvalue weighted by molar-refractivity contribution is 9.10. The summed E-state index contributed by atoms with van der Waals surface area (Å²) in [5.74, 6) is 0. The number of hydrogen-bond donors (Lipinski definition) is 1. The number of anilines is 1. The summed E-state index contributed by atoms with van der Waals surface area (Å²) in [6, 6.07) is 11.0. The molecule has 0 aliphatic carbocycles. The Kier molecular flexibility index (Phi) is 3.68. The summed E-state index contributed by atoms with van der Waals surface area (Å²) in [7, 11) is 0. The summed E-state index contributed by atoms with van der Waals surface area (Å²) >= 11 is 7.47. The minimum atomic E-state index is 0.432. The van der Waals surface area contributed by atoms with E-state index in [0.29, 0.717) is 11.3 Å². The van der Waals surface area contributed by atoms with E-state index in [9.17, 15) is 0 Å². The lowest BCUT2D eigenvalue weighted by molar-refractivity contribution is 0.669. The van der Waals surface area contributed by atoms with Gasteiger partial charge in [-0.3, -0.25) is 0 Å². The van der Waals surface area contributed by atoms with Gasteiger partial charge >= 0.3 is 0 Å². The van der Waals surface area contributed by atoms with E-state index >= 15 is 0 Å². The second kappa shape index (κ2) is 5.27. The molecule has 3 rings (SSSR count). The van der Waals surface area contributed by atoms with Crippen molar-refractivity contribution >= 4 is 44.7 Å². The maximum atomic E-state index is 3.67. The molecular formula is C14H14BrNS2. The fourth-order valence-corrected chi connectivity index (χ4v) is 5.22. The highest BCUT2D eigenvalue weighted by atomic mass is 79.9. The first kappa shape index (κ1) is 12.6. The van der Waals surface area contributed by atoms with Gasteiger partial charge in [0.25, 0.3) is 0 Å². The van der Waals surface area contributed by atoms with Crippen LogP contribution in [-0.2, 0) is 0 Å². The molecule has 0 saturated carbocycles. The first-order valence-corrected chi connectivity index (χ1v) is 8.54. The highest BCUT2D eigenvalue weighted by Gasteiger charge is 2.26. The Balaban J connectivity index is 1.88. The van der Waals surface area contributed by atoms with E-state index in [2.05, 4.69) is 57.8 Å². The third kappa shape index (κ3) is 2.46. The monoisotopic (exact) mass is 339 g/mol. The molecule has 1 aromatic carbocycles. The molecule has 0 saturated heterocycles. The first-order valence-electron chi connectivity index (χ1n) is 5.99. The Morgan fingerprint density at radius 3 is 2.94 bits per heavy atom. The summed E-state index contributed by atoms with van der Waals surface area (Å²) in [4.78, 5) is 0. The van der Waals surface area contributed by atoms with Crippen LogP contribution in [0.25, 0.3) is 0 Å². The van der Waals surface area contributed by atoms with Crippen LogP contribution in [0, 0.1) is 0 Å². The summed E-state index contributed by atoms with van der Waals surface area (Å²) in [5, 5.41) is 6.54. The van der Waals surface area contributed by atoms with Gasteiger partial charge in [0.15, 0.2) is 0 Å². The number of nitrogens with one attached hydrogen (secondary N) is 1. The Labute approximate surface area is 124 Å². The normalized spacial score (nSPS) is 22.6. The number of benzene rings is 1. The zero-order valence-electron chi connectivity index (χ0n) is 10.0. The van der Waals surface area contributed by atoms with Gasteiger partial charge in [0.2, 0.25) is 0 Å². The molecule has 2 atom stereocenters. The van der Waals surface area contributed by atoms with E-state index in [4.69, 9.17) is 0 Å². The van der Waals surface area contributed by atoms with Crippen molar-refractivity contribution in [2.45, 2.75) is 28.8 Å². The van der Waals surface area contributed by atoms with Crippen LogP contribution in [0.3, 0.4) is 0 Å². The molecule has 0 fully saturated rings. The highest BCUT2D eigenvalue weighted by Crippen LogP contribution is 2.45. The lowest BCUT2D eigenvalue weighted by Crippen LogP contribution is -2.19. The molecule has 2 aromatic rings. The molecule has 0 spiro atoms. The summed E-state index contributed by atoms with van der Waals surface area (Å²) in [6.45, 7) is 2.31. The topological polar surface area (TPSA) is 12.0 Å². The van der Waals surface area contributed by atoms with Crippen molar-refractivity contribution in [3.05, 3.63) is 45.7 Å². The maximum Gasteiger partial charge on any atom is 0.0653 e. The molecule has 0 bridgehead atoms. The van der Waals surface area contributed by atoms with E-state index in [-0.39, 0.29) is 0 Å². The third-order valence-corrected chi connectivity index (χ3v) is 6.15. The van der Waals surface area contributed by atoms with Crippen LogP contribution in [0.1, 0.15) is 24.9 Å². The quantitative estimate of drug-likeness (QED) is 0.769. The predicted molar refractivity (Wildman–Crippen MR) is 84.8 cm³/mol. The Hall–Kier alpha value is -0.450. The Bertz CT molecular complexity index is 552. The summed E-state index contributed by atoms with van der Waals surface area (Å²) in [5.41, 5.74) is 2.64. The molecule has 2 heterocycles. The van der Waals surface area contributed by atoms with Crippen molar-refractivity contribution < 1.29 is 0 Å².